The van der Waals surface area contributed by atoms with Crippen LogP contribution in [0.3, 0.4) is 0 Å². The number of aryl methyl sites for hydroxylation is 1. The number of fused-ring (bicyclic) bond motifs is 1. The molecule has 1 atom stereocenters. The number of ketones is 1. The van der Waals surface area contributed by atoms with Gasteiger partial charge in [0.2, 0.25) is 0 Å². The largest absolute Gasteiger partial charge is 0.357 e. The van der Waals surface area contributed by atoms with Gasteiger partial charge in [-0.3, -0.25) is 4.79 Å². The lowest BCUT2D eigenvalue weighted by molar-refractivity contribution is -0.116. The Hall–Kier alpha value is -2.85. The summed E-state index contributed by atoms with van der Waals surface area (Å²) in [7, 11) is 0. The summed E-state index contributed by atoms with van der Waals surface area (Å²) in [5.74, 6) is 0.277. The molecule has 3 aromatic rings. The Labute approximate surface area is 175 Å². The first kappa shape index (κ1) is 18.2. The third kappa shape index (κ3) is 3.38. The number of nitrogens with zero attached hydrogens (tertiary/aromatic N) is 1. The van der Waals surface area contributed by atoms with E-state index in [-0.39, 0.29) is 11.8 Å². The van der Waals surface area contributed by atoms with E-state index >= 15 is 0 Å². The van der Waals surface area contributed by atoms with Gasteiger partial charge in [0, 0.05) is 29.1 Å². The van der Waals surface area contributed by atoms with Gasteiger partial charge in [-0.2, -0.15) is 0 Å². The average Bonchev–Trinajstić information content (AvgIpc) is 3.21. The maximum absolute atomic E-state index is 13.2. The molecule has 2 aromatic carbocycles. The van der Waals surface area contributed by atoms with Gasteiger partial charge < -0.3 is 10.2 Å². The van der Waals surface area contributed by atoms with E-state index in [0.717, 1.165) is 42.0 Å². The fraction of sp³-hybridized carbons (Fsp3) is 0.240. The Morgan fingerprint density at radius 1 is 1.03 bits per heavy atom. The minimum absolute atomic E-state index is 0.0600. The van der Waals surface area contributed by atoms with Gasteiger partial charge in [0.15, 0.2) is 5.78 Å². The monoisotopic (exact) mass is 400 g/mol. The number of hydrogen-bond acceptors (Lipinski definition) is 4. The first-order valence-corrected chi connectivity index (χ1v) is 11.1. The number of thiophene rings is 1. The van der Waals surface area contributed by atoms with Crippen LogP contribution in [0.2, 0.25) is 0 Å². The Kier molecular flexibility index (Phi) is 4.72. The van der Waals surface area contributed by atoms with Crippen LogP contribution >= 0.6 is 11.3 Å². The van der Waals surface area contributed by atoms with Gasteiger partial charge in [-0.1, -0.05) is 48.0 Å². The number of anilines is 2. The first-order chi connectivity index (χ1) is 14.2. The highest BCUT2D eigenvalue weighted by Crippen LogP contribution is 2.46. The molecule has 0 amide bonds. The second-order valence-electron chi connectivity index (χ2n) is 7.84. The minimum Gasteiger partial charge on any atom is -0.357 e. The number of carbonyl (C=O) groups is 1. The van der Waals surface area contributed by atoms with Crippen molar-refractivity contribution in [1.82, 2.24) is 0 Å². The molecule has 0 saturated carbocycles. The predicted octanol–water partition coefficient (Wildman–Crippen LogP) is 6.24. The van der Waals surface area contributed by atoms with Crippen LogP contribution in [0.1, 0.15) is 41.3 Å². The van der Waals surface area contributed by atoms with E-state index in [1.54, 1.807) is 11.3 Å². The SMILES string of the molecule is Cc1ccc(CN2c3ccccc3NC3=C(C(=O)CCC3)[C@H]2c2cccs2)cc1. The molecule has 0 bridgehead atoms. The van der Waals surface area contributed by atoms with Crippen LogP contribution in [-0.4, -0.2) is 5.78 Å². The van der Waals surface area contributed by atoms with Crippen molar-refractivity contribution < 1.29 is 4.79 Å². The molecule has 2 aliphatic rings. The Morgan fingerprint density at radius 2 is 1.86 bits per heavy atom. The van der Waals surface area contributed by atoms with Crippen LogP contribution in [0.4, 0.5) is 11.4 Å². The lowest BCUT2D eigenvalue weighted by atomic mass is 9.88. The molecule has 4 heteroatoms. The number of para-hydroxylation sites is 2. The molecule has 1 aromatic heterocycles. The Balaban J connectivity index is 1.70. The molecule has 0 spiro atoms. The zero-order valence-corrected chi connectivity index (χ0v) is 17.3. The van der Waals surface area contributed by atoms with Crippen molar-refractivity contribution in [2.45, 2.75) is 38.8 Å². The zero-order valence-electron chi connectivity index (χ0n) is 16.5. The van der Waals surface area contributed by atoms with Crippen molar-refractivity contribution in [1.29, 1.82) is 0 Å². The molecular weight excluding hydrogens is 376 g/mol. The van der Waals surface area contributed by atoms with Crippen LogP contribution in [0, 0.1) is 6.92 Å². The lowest BCUT2D eigenvalue weighted by Crippen LogP contribution is -2.32. The fourth-order valence-corrected chi connectivity index (χ4v) is 5.25. The second-order valence-corrected chi connectivity index (χ2v) is 8.82. The smallest absolute Gasteiger partial charge is 0.163 e. The Morgan fingerprint density at radius 3 is 2.66 bits per heavy atom. The van der Waals surface area contributed by atoms with E-state index in [1.165, 1.54) is 16.0 Å². The number of rotatable bonds is 3. The molecule has 2 heterocycles. The number of allylic oxidation sites excluding steroid dienone is 1. The van der Waals surface area contributed by atoms with Gasteiger partial charge in [0.05, 0.1) is 17.4 Å². The average molecular weight is 401 g/mol. The molecule has 1 aliphatic heterocycles. The molecule has 0 saturated heterocycles. The summed E-state index contributed by atoms with van der Waals surface area (Å²) in [5, 5.41) is 5.74. The number of nitrogens with one attached hydrogen (secondary N) is 1. The van der Waals surface area contributed by atoms with Crippen molar-refractivity contribution >= 4 is 28.5 Å². The van der Waals surface area contributed by atoms with Crippen LogP contribution in [0.25, 0.3) is 0 Å². The fourth-order valence-electron chi connectivity index (χ4n) is 4.41. The molecular formula is C25H24N2OS. The summed E-state index contributed by atoms with van der Waals surface area (Å²) < 4.78 is 0. The highest BCUT2D eigenvalue weighted by atomic mass is 32.1. The number of benzene rings is 2. The zero-order chi connectivity index (χ0) is 19.8. The summed E-state index contributed by atoms with van der Waals surface area (Å²) in [5.41, 5.74) is 6.78. The lowest BCUT2D eigenvalue weighted by Gasteiger charge is -2.34. The predicted molar refractivity (Wildman–Crippen MR) is 120 cm³/mol. The third-order valence-corrected chi connectivity index (χ3v) is 6.75. The van der Waals surface area contributed by atoms with Crippen LogP contribution in [0.5, 0.6) is 0 Å². The highest BCUT2D eigenvalue weighted by Gasteiger charge is 2.37. The summed E-state index contributed by atoms with van der Waals surface area (Å²) in [6.45, 7) is 2.87. The van der Waals surface area contributed by atoms with E-state index in [2.05, 4.69) is 83.2 Å². The summed E-state index contributed by atoms with van der Waals surface area (Å²) >= 11 is 1.73. The standard InChI is InChI=1S/C25H24N2OS/c1-17-11-13-18(14-12-17)16-27-21-8-3-2-6-19(21)26-20-7-4-9-22(28)24(20)25(27)23-10-5-15-29-23/h2-3,5-6,8,10-15,25-26H,4,7,9,16H2,1H3/t25-/m1/s1. The van der Waals surface area contributed by atoms with E-state index in [1.807, 2.05) is 0 Å². The summed E-state index contributed by atoms with van der Waals surface area (Å²) in [6.07, 6.45) is 2.48. The number of Topliss-reactive ketones (excluding diaryl/α,β-unsaturated/α-hetero) is 1. The molecule has 29 heavy (non-hydrogen) atoms. The highest BCUT2D eigenvalue weighted by molar-refractivity contribution is 7.10. The maximum atomic E-state index is 13.2. The molecule has 0 radical (unpaired) electrons. The summed E-state index contributed by atoms with van der Waals surface area (Å²) in [6, 6.07) is 21.3. The van der Waals surface area contributed by atoms with Gasteiger partial charge >= 0.3 is 0 Å². The molecule has 3 nitrogen and oxygen atoms in total. The summed E-state index contributed by atoms with van der Waals surface area (Å²) in [4.78, 5) is 16.8. The van der Waals surface area contributed by atoms with Crippen molar-refractivity contribution in [2.75, 3.05) is 10.2 Å². The van der Waals surface area contributed by atoms with Crippen molar-refractivity contribution in [2.24, 2.45) is 0 Å². The molecule has 1 N–H and O–H groups in total. The second kappa shape index (κ2) is 7.53. The molecule has 5 rings (SSSR count). The van der Waals surface area contributed by atoms with Gasteiger partial charge in [0.1, 0.15) is 0 Å². The topological polar surface area (TPSA) is 32.3 Å². The number of carbonyl (C=O) groups excluding carboxylic acids is 1. The molecule has 146 valence electrons. The van der Waals surface area contributed by atoms with E-state index in [9.17, 15) is 4.79 Å². The van der Waals surface area contributed by atoms with E-state index in [0.29, 0.717) is 6.42 Å². The maximum Gasteiger partial charge on any atom is 0.163 e. The van der Waals surface area contributed by atoms with Gasteiger partial charge in [-0.15, -0.1) is 11.3 Å². The van der Waals surface area contributed by atoms with Gasteiger partial charge in [0.25, 0.3) is 0 Å². The quantitative estimate of drug-likeness (QED) is 0.565. The van der Waals surface area contributed by atoms with Crippen molar-refractivity contribution in [3.05, 3.63) is 93.3 Å². The van der Waals surface area contributed by atoms with Crippen molar-refractivity contribution in [3.8, 4) is 0 Å². The van der Waals surface area contributed by atoms with E-state index < -0.39 is 0 Å². The Bertz CT molecular complexity index is 1070. The minimum atomic E-state index is -0.0600. The molecule has 1 aliphatic carbocycles. The number of hydrogen-bond donors (Lipinski definition) is 1. The van der Waals surface area contributed by atoms with Crippen molar-refractivity contribution in [3.63, 3.8) is 0 Å². The van der Waals surface area contributed by atoms with Gasteiger partial charge in [-0.25, -0.2) is 0 Å². The molecule has 0 fully saturated rings. The van der Waals surface area contributed by atoms with E-state index in [4.69, 9.17) is 0 Å². The van der Waals surface area contributed by atoms with Crippen LogP contribution in [-0.2, 0) is 11.3 Å². The van der Waals surface area contributed by atoms with Crippen LogP contribution < -0.4 is 10.2 Å². The normalized spacial score (nSPS) is 18.7. The van der Waals surface area contributed by atoms with Gasteiger partial charge in [-0.05, 0) is 48.9 Å². The first-order valence-electron chi connectivity index (χ1n) is 10.2. The third-order valence-electron chi connectivity index (χ3n) is 5.83. The molecule has 0 unspecified atom stereocenters. The van der Waals surface area contributed by atoms with Crippen LogP contribution in [0.15, 0.2) is 77.3 Å².